The molecular formula is C23H25N5S. The molecule has 0 aromatic carbocycles. The van der Waals surface area contributed by atoms with E-state index in [9.17, 15) is 0 Å². The van der Waals surface area contributed by atoms with Gasteiger partial charge in [-0.1, -0.05) is 30.8 Å². The first-order valence-corrected chi connectivity index (χ1v) is 11.2. The van der Waals surface area contributed by atoms with Crippen LogP contribution in [0.2, 0.25) is 0 Å². The normalized spacial score (nSPS) is 23.3. The number of nitrogens with zero attached hydrogens (tertiary/aromatic N) is 5. The van der Waals surface area contributed by atoms with E-state index < -0.39 is 0 Å². The highest BCUT2D eigenvalue weighted by molar-refractivity contribution is 8.14. The number of pyridine rings is 2. The fourth-order valence-electron chi connectivity index (χ4n) is 4.61. The summed E-state index contributed by atoms with van der Waals surface area (Å²) in [5, 5.41) is 1.17. The highest BCUT2D eigenvalue weighted by Gasteiger charge is 2.46. The van der Waals surface area contributed by atoms with Gasteiger partial charge in [0.05, 0.1) is 11.7 Å². The molecule has 29 heavy (non-hydrogen) atoms. The minimum atomic E-state index is 0.0192. The molecule has 148 valence electrons. The monoisotopic (exact) mass is 403 g/mol. The summed E-state index contributed by atoms with van der Waals surface area (Å²) in [5.41, 5.74) is 4.79. The van der Waals surface area contributed by atoms with Gasteiger partial charge in [0, 0.05) is 35.6 Å². The number of fused-ring (bicyclic) bond motifs is 1. The molecule has 3 atom stereocenters. The molecule has 1 saturated heterocycles. The number of rotatable bonds is 4. The number of aryl methyl sites for hydroxylation is 1. The summed E-state index contributed by atoms with van der Waals surface area (Å²) >= 11 is 1.88. The average Bonchev–Trinajstić information content (AvgIpc) is 3.40. The van der Waals surface area contributed by atoms with Crippen molar-refractivity contribution >= 4 is 16.9 Å². The van der Waals surface area contributed by atoms with Crippen molar-refractivity contribution in [1.82, 2.24) is 19.4 Å². The van der Waals surface area contributed by atoms with Gasteiger partial charge in [-0.2, -0.15) is 0 Å². The Bertz CT molecular complexity index is 1040. The number of hydrogen-bond acceptors (Lipinski definition) is 5. The Hall–Kier alpha value is -2.60. The fraction of sp³-hybridized carbons (Fsp3) is 0.348. The maximum absolute atomic E-state index is 5.15. The summed E-state index contributed by atoms with van der Waals surface area (Å²) in [6.07, 6.45) is 4.85. The third-order valence-electron chi connectivity index (χ3n) is 6.00. The number of hydrogen-bond donors (Lipinski definition) is 0. The summed E-state index contributed by atoms with van der Waals surface area (Å²) in [7, 11) is 0. The second-order valence-electron chi connectivity index (χ2n) is 7.69. The fourth-order valence-corrected chi connectivity index (χ4v) is 5.95. The van der Waals surface area contributed by atoms with Crippen molar-refractivity contribution in [3.63, 3.8) is 0 Å². The lowest BCUT2D eigenvalue weighted by atomic mass is 9.95. The molecule has 3 aromatic rings. The Morgan fingerprint density at radius 1 is 1.07 bits per heavy atom. The van der Waals surface area contributed by atoms with Crippen LogP contribution in [0.1, 0.15) is 48.1 Å². The van der Waals surface area contributed by atoms with Gasteiger partial charge in [-0.3, -0.25) is 9.98 Å². The molecule has 0 aliphatic carbocycles. The third-order valence-corrected chi connectivity index (χ3v) is 7.12. The highest BCUT2D eigenvalue weighted by Crippen LogP contribution is 2.49. The molecule has 5 rings (SSSR count). The second-order valence-corrected chi connectivity index (χ2v) is 8.67. The topological polar surface area (TPSA) is 46.3 Å². The van der Waals surface area contributed by atoms with Gasteiger partial charge in [0.1, 0.15) is 11.9 Å². The maximum atomic E-state index is 5.15. The lowest BCUT2D eigenvalue weighted by Crippen LogP contribution is -2.35. The molecular weight excluding hydrogens is 378 g/mol. The van der Waals surface area contributed by atoms with Crippen LogP contribution in [0.5, 0.6) is 0 Å². The van der Waals surface area contributed by atoms with Crippen LogP contribution in [0.3, 0.4) is 0 Å². The smallest absolute Gasteiger partial charge is 0.160 e. The summed E-state index contributed by atoms with van der Waals surface area (Å²) in [6.45, 7) is 6.64. The van der Waals surface area contributed by atoms with E-state index in [2.05, 4.69) is 64.5 Å². The average molecular weight is 404 g/mol. The van der Waals surface area contributed by atoms with Crippen molar-refractivity contribution in [2.75, 3.05) is 5.75 Å². The van der Waals surface area contributed by atoms with Gasteiger partial charge in [-0.25, -0.2) is 4.98 Å². The molecule has 5 heterocycles. The predicted molar refractivity (Wildman–Crippen MR) is 119 cm³/mol. The van der Waals surface area contributed by atoms with E-state index in [-0.39, 0.29) is 12.1 Å². The first-order valence-electron chi connectivity index (χ1n) is 10.2. The molecule has 1 fully saturated rings. The number of aromatic nitrogens is 3. The minimum absolute atomic E-state index is 0.0192. The van der Waals surface area contributed by atoms with E-state index in [0.29, 0.717) is 6.04 Å². The molecule has 3 aromatic heterocycles. The van der Waals surface area contributed by atoms with Crippen molar-refractivity contribution in [3.8, 4) is 5.82 Å². The van der Waals surface area contributed by atoms with Crippen LogP contribution in [-0.4, -0.2) is 36.4 Å². The summed E-state index contributed by atoms with van der Waals surface area (Å²) in [4.78, 5) is 17.0. The van der Waals surface area contributed by atoms with Crippen LogP contribution in [0.15, 0.2) is 59.9 Å². The molecule has 0 amide bonds. The van der Waals surface area contributed by atoms with Gasteiger partial charge in [0.15, 0.2) is 5.17 Å². The largest absolute Gasteiger partial charge is 0.338 e. The molecule has 0 N–H and O–H groups in total. The molecule has 0 bridgehead atoms. The molecule has 0 unspecified atom stereocenters. The van der Waals surface area contributed by atoms with Gasteiger partial charge >= 0.3 is 0 Å². The Kier molecular flexibility index (Phi) is 4.66. The molecule has 2 aliphatic heterocycles. The Labute approximate surface area is 175 Å². The van der Waals surface area contributed by atoms with Crippen molar-refractivity contribution < 1.29 is 0 Å². The summed E-state index contributed by atoms with van der Waals surface area (Å²) in [5.74, 6) is 2.07. The van der Waals surface area contributed by atoms with Crippen LogP contribution in [0, 0.1) is 13.8 Å². The first kappa shape index (κ1) is 18.4. The molecule has 2 aliphatic rings. The zero-order valence-electron chi connectivity index (χ0n) is 17.0. The Morgan fingerprint density at radius 3 is 2.55 bits per heavy atom. The van der Waals surface area contributed by atoms with E-state index in [1.165, 1.54) is 22.1 Å². The van der Waals surface area contributed by atoms with Crippen LogP contribution in [0.25, 0.3) is 5.82 Å². The van der Waals surface area contributed by atoms with Crippen molar-refractivity contribution in [3.05, 3.63) is 77.5 Å². The zero-order chi connectivity index (χ0) is 20.0. The first-order chi connectivity index (χ1) is 14.2. The molecule has 0 saturated carbocycles. The second kappa shape index (κ2) is 7.34. The van der Waals surface area contributed by atoms with Gasteiger partial charge in [0.2, 0.25) is 0 Å². The molecule has 0 radical (unpaired) electrons. The number of aliphatic imine (C=N–C) groups is 1. The van der Waals surface area contributed by atoms with E-state index in [1.807, 2.05) is 42.4 Å². The predicted octanol–water partition coefficient (Wildman–Crippen LogP) is 4.86. The van der Waals surface area contributed by atoms with E-state index in [1.54, 1.807) is 0 Å². The van der Waals surface area contributed by atoms with Crippen molar-refractivity contribution in [2.24, 2.45) is 4.99 Å². The van der Waals surface area contributed by atoms with Gasteiger partial charge in [-0.15, -0.1) is 0 Å². The highest BCUT2D eigenvalue weighted by atomic mass is 32.2. The third kappa shape index (κ3) is 2.97. The van der Waals surface area contributed by atoms with Crippen LogP contribution >= 0.6 is 11.8 Å². The Morgan fingerprint density at radius 2 is 1.86 bits per heavy atom. The van der Waals surface area contributed by atoms with Gasteiger partial charge < -0.3 is 9.47 Å². The quantitative estimate of drug-likeness (QED) is 0.624. The SMILES string of the molecule is CC[C@@H]1CSC2=N[C@@H](c3ccccn3)[C@H](c3cc(C)n(-c4ccccn4)c3C)N21. The summed E-state index contributed by atoms with van der Waals surface area (Å²) in [6, 6.07) is 15.2. The van der Waals surface area contributed by atoms with Crippen molar-refractivity contribution in [2.45, 2.75) is 45.3 Å². The van der Waals surface area contributed by atoms with Gasteiger partial charge in [0.25, 0.3) is 0 Å². The van der Waals surface area contributed by atoms with Crippen molar-refractivity contribution in [1.29, 1.82) is 0 Å². The number of thioether (sulfide) groups is 1. The van der Waals surface area contributed by atoms with Crippen LogP contribution in [0.4, 0.5) is 0 Å². The summed E-state index contributed by atoms with van der Waals surface area (Å²) < 4.78 is 2.26. The Balaban J connectivity index is 1.64. The lowest BCUT2D eigenvalue weighted by molar-refractivity contribution is 0.254. The van der Waals surface area contributed by atoms with E-state index in [0.717, 1.165) is 23.7 Å². The van der Waals surface area contributed by atoms with E-state index >= 15 is 0 Å². The van der Waals surface area contributed by atoms with Crippen LogP contribution in [-0.2, 0) is 0 Å². The van der Waals surface area contributed by atoms with E-state index in [4.69, 9.17) is 4.99 Å². The maximum Gasteiger partial charge on any atom is 0.160 e. The molecule has 6 heteroatoms. The molecule has 5 nitrogen and oxygen atoms in total. The molecule has 0 spiro atoms. The minimum Gasteiger partial charge on any atom is -0.338 e. The standard InChI is InChI=1S/C23H25N5S/c1-4-17-14-29-23-26-21(19-9-5-7-11-24-19)22(28(17)23)18-13-15(2)27(16(18)3)20-10-6-8-12-25-20/h5-13,17,21-22H,4,14H2,1-3H3/t17-,21+,22+/m1/s1. The lowest BCUT2D eigenvalue weighted by Gasteiger charge is -2.32. The zero-order valence-corrected chi connectivity index (χ0v) is 17.8. The van der Waals surface area contributed by atoms with Crippen LogP contribution < -0.4 is 0 Å². The number of amidine groups is 1. The van der Waals surface area contributed by atoms with Gasteiger partial charge in [-0.05, 0) is 56.2 Å².